The number of hydrogen-bond acceptors (Lipinski definition) is 3. The summed E-state index contributed by atoms with van der Waals surface area (Å²) in [6.45, 7) is 0. The Balaban J connectivity index is 3.49. The molecule has 0 spiro atoms. The Morgan fingerprint density at radius 1 is 1.40 bits per heavy atom. The molecular weight excluding hydrogens is 172 g/mol. The molecule has 0 aliphatic carbocycles. The fourth-order valence-corrected chi connectivity index (χ4v) is 1.93. The van der Waals surface area contributed by atoms with Gasteiger partial charge in [-0.3, -0.25) is 4.21 Å². The highest BCUT2D eigenvalue weighted by Gasteiger charge is 2.01. The summed E-state index contributed by atoms with van der Waals surface area (Å²) < 4.78 is 31.5. The van der Waals surface area contributed by atoms with E-state index < -0.39 is 20.6 Å². The second kappa shape index (κ2) is 4.08. The summed E-state index contributed by atoms with van der Waals surface area (Å²) in [5, 5.41) is 0. The molecule has 0 aromatic carbocycles. The molecule has 1 unspecified atom stereocenters. The average Bonchev–Trinajstić information content (AvgIpc) is 1.59. The molecule has 0 aromatic rings. The van der Waals surface area contributed by atoms with Gasteiger partial charge in [0.2, 0.25) is 0 Å². The van der Waals surface area contributed by atoms with Crippen LogP contribution in [0.5, 0.6) is 0 Å². The lowest BCUT2D eigenvalue weighted by Gasteiger charge is -1.94. The zero-order chi connectivity index (χ0) is 8.20. The van der Waals surface area contributed by atoms with Crippen LogP contribution in [0.4, 0.5) is 0 Å². The SMILES string of the molecule is CS(=O)CCCS(C)(=O)=O. The van der Waals surface area contributed by atoms with Gasteiger partial charge in [-0.1, -0.05) is 0 Å². The first-order valence-electron chi connectivity index (χ1n) is 2.89. The van der Waals surface area contributed by atoms with Gasteiger partial charge in [-0.05, 0) is 6.42 Å². The highest BCUT2D eigenvalue weighted by atomic mass is 32.2. The highest BCUT2D eigenvalue weighted by Crippen LogP contribution is 1.89. The van der Waals surface area contributed by atoms with Crippen LogP contribution in [-0.4, -0.2) is 36.6 Å². The minimum Gasteiger partial charge on any atom is -0.260 e. The second-order valence-corrected chi connectivity index (χ2v) is 6.08. The fraction of sp³-hybridized carbons (Fsp3) is 1.00. The van der Waals surface area contributed by atoms with E-state index in [1.165, 1.54) is 6.26 Å². The maximum atomic E-state index is 10.5. The molecule has 0 rings (SSSR count). The van der Waals surface area contributed by atoms with E-state index in [0.717, 1.165) is 0 Å². The van der Waals surface area contributed by atoms with Gasteiger partial charge in [-0.25, -0.2) is 8.42 Å². The van der Waals surface area contributed by atoms with E-state index >= 15 is 0 Å². The molecule has 0 aliphatic heterocycles. The largest absolute Gasteiger partial charge is 0.260 e. The minimum atomic E-state index is -2.85. The van der Waals surface area contributed by atoms with Crippen LogP contribution in [0, 0.1) is 0 Å². The quantitative estimate of drug-likeness (QED) is 0.608. The molecule has 0 fully saturated rings. The van der Waals surface area contributed by atoms with Crippen LogP contribution >= 0.6 is 0 Å². The average molecular weight is 184 g/mol. The second-order valence-electron chi connectivity index (χ2n) is 2.26. The minimum absolute atomic E-state index is 0.145. The van der Waals surface area contributed by atoms with Crippen molar-refractivity contribution in [3.63, 3.8) is 0 Å². The maximum absolute atomic E-state index is 10.5. The van der Waals surface area contributed by atoms with E-state index in [2.05, 4.69) is 0 Å². The smallest absolute Gasteiger partial charge is 0.147 e. The molecule has 0 aliphatic rings. The number of hydrogen-bond donors (Lipinski definition) is 0. The molecule has 0 bridgehead atoms. The van der Waals surface area contributed by atoms with Gasteiger partial charge in [-0.2, -0.15) is 0 Å². The summed E-state index contributed by atoms with van der Waals surface area (Å²) in [5.41, 5.74) is 0. The molecule has 0 saturated carbocycles. The Morgan fingerprint density at radius 3 is 2.20 bits per heavy atom. The molecular formula is C5H12O3S2. The Labute approximate surface area is 64.2 Å². The fourth-order valence-electron chi connectivity index (χ4n) is 0.524. The van der Waals surface area contributed by atoms with E-state index in [-0.39, 0.29) is 5.75 Å². The van der Waals surface area contributed by atoms with Gasteiger partial charge in [0.15, 0.2) is 0 Å². The van der Waals surface area contributed by atoms with Gasteiger partial charge < -0.3 is 0 Å². The Kier molecular flexibility index (Phi) is 4.12. The monoisotopic (exact) mass is 184 g/mol. The van der Waals surface area contributed by atoms with Crippen molar-refractivity contribution in [2.75, 3.05) is 24.0 Å². The molecule has 3 nitrogen and oxygen atoms in total. The van der Waals surface area contributed by atoms with Crippen LogP contribution in [0.25, 0.3) is 0 Å². The van der Waals surface area contributed by atoms with Crippen LogP contribution in [0.1, 0.15) is 6.42 Å². The summed E-state index contributed by atoms with van der Waals surface area (Å²) >= 11 is 0. The van der Waals surface area contributed by atoms with Crippen molar-refractivity contribution in [2.45, 2.75) is 6.42 Å². The third-order valence-corrected chi connectivity index (χ3v) is 2.84. The maximum Gasteiger partial charge on any atom is 0.147 e. The zero-order valence-corrected chi connectivity index (χ0v) is 7.80. The summed E-state index contributed by atoms with van der Waals surface area (Å²) in [4.78, 5) is 0. The van der Waals surface area contributed by atoms with E-state index in [9.17, 15) is 12.6 Å². The molecule has 0 aromatic heterocycles. The first-order valence-corrected chi connectivity index (χ1v) is 6.68. The lowest BCUT2D eigenvalue weighted by molar-refractivity contribution is 0.600. The summed E-state index contributed by atoms with van der Waals surface area (Å²) in [6.07, 6.45) is 3.26. The number of rotatable bonds is 4. The van der Waals surface area contributed by atoms with Crippen LogP contribution in [-0.2, 0) is 20.6 Å². The van der Waals surface area contributed by atoms with Crippen molar-refractivity contribution < 1.29 is 12.6 Å². The lowest BCUT2D eigenvalue weighted by atomic mass is 10.6. The van der Waals surface area contributed by atoms with Crippen LogP contribution in [0.2, 0.25) is 0 Å². The molecule has 5 heteroatoms. The van der Waals surface area contributed by atoms with Crippen LogP contribution < -0.4 is 0 Å². The number of sulfone groups is 1. The first-order chi connectivity index (χ1) is 4.42. The van der Waals surface area contributed by atoms with Gasteiger partial charge in [-0.15, -0.1) is 0 Å². The van der Waals surface area contributed by atoms with Crippen molar-refractivity contribution in [2.24, 2.45) is 0 Å². The highest BCUT2D eigenvalue weighted by molar-refractivity contribution is 7.90. The van der Waals surface area contributed by atoms with Crippen LogP contribution in [0.15, 0.2) is 0 Å². The summed E-state index contributed by atoms with van der Waals surface area (Å²) in [7, 11) is -3.72. The third kappa shape index (κ3) is 8.10. The summed E-state index contributed by atoms with van der Waals surface area (Å²) in [5.74, 6) is 0.625. The van der Waals surface area contributed by atoms with Crippen molar-refractivity contribution in [1.29, 1.82) is 0 Å². The van der Waals surface area contributed by atoms with E-state index in [1.54, 1.807) is 6.26 Å². The molecule has 0 radical (unpaired) electrons. The molecule has 0 heterocycles. The lowest BCUT2D eigenvalue weighted by Crippen LogP contribution is -2.06. The Bertz CT molecular complexity index is 205. The van der Waals surface area contributed by atoms with Crippen molar-refractivity contribution in [3.8, 4) is 0 Å². The van der Waals surface area contributed by atoms with Crippen molar-refractivity contribution in [1.82, 2.24) is 0 Å². The molecule has 0 saturated heterocycles. The predicted octanol–water partition coefficient (Wildman–Crippen LogP) is -0.200. The Morgan fingerprint density at radius 2 is 1.90 bits per heavy atom. The van der Waals surface area contributed by atoms with E-state index in [0.29, 0.717) is 12.2 Å². The van der Waals surface area contributed by atoms with Crippen molar-refractivity contribution in [3.05, 3.63) is 0 Å². The molecule has 62 valence electrons. The van der Waals surface area contributed by atoms with Gasteiger partial charge in [0.05, 0.1) is 5.75 Å². The standard InChI is InChI=1S/C5H12O3S2/c1-9(6)4-3-5-10(2,7)8/h3-5H2,1-2H3. The van der Waals surface area contributed by atoms with Gasteiger partial charge in [0.1, 0.15) is 9.84 Å². The van der Waals surface area contributed by atoms with Gasteiger partial charge >= 0.3 is 0 Å². The van der Waals surface area contributed by atoms with Crippen molar-refractivity contribution >= 4 is 20.6 Å². The molecule has 0 N–H and O–H groups in total. The first kappa shape index (κ1) is 10.1. The molecule has 0 amide bonds. The van der Waals surface area contributed by atoms with Crippen LogP contribution in [0.3, 0.4) is 0 Å². The Hall–Kier alpha value is 0.1000. The predicted molar refractivity (Wildman–Crippen MR) is 43.3 cm³/mol. The van der Waals surface area contributed by atoms with Gasteiger partial charge in [0, 0.05) is 29.1 Å². The molecule has 1 atom stereocenters. The summed E-state index contributed by atoms with van der Waals surface area (Å²) in [6, 6.07) is 0. The van der Waals surface area contributed by atoms with E-state index in [4.69, 9.17) is 0 Å². The molecule has 10 heavy (non-hydrogen) atoms. The normalized spacial score (nSPS) is 15.0. The van der Waals surface area contributed by atoms with Gasteiger partial charge in [0.25, 0.3) is 0 Å². The van der Waals surface area contributed by atoms with E-state index in [1.807, 2.05) is 0 Å². The topological polar surface area (TPSA) is 51.2 Å². The zero-order valence-electron chi connectivity index (χ0n) is 6.16. The third-order valence-electron chi connectivity index (χ3n) is 0.947.